The Kier molecular flexibility index (Phi) is 4.89. The second-order valence-electron chi connectivity index (χ2n) is 4.00. The van der Waals surface area contributed by atoms with Crippen molar-refractivity contribution in [1.82, 2.24) is 10.3 Å². The number of carbonyl (C=O) groups excluding carboxylic acids is 1. The summed E-state index contributed by atoms with van der Waals surface area (Å²) in [6.07, 6.45) is 1.25. The Labute approximate surface area is 100 Å². The number of hydrogen-bond donors (Lipinski definition) is 1. The van der Waals surface area contributed by atoms with E-state index in [0.29, 0.717) is 13.0 Å². The highest BCUT2D eigenvalue weighted by molar-refractivity contribution is 7.07. The van der Waals surface area contributed by atoms with E-state index in [4.69, 9.17) is 4.74 Å². The van der Waals surface area contributed by atoms with Crippen LogP contribution in [0.2, 0.25) is 0 Å². The highest BCUT2D eigenvalue weighted by atomic mass is 32.1. The van der Waals surface area contributed by atoms with Gasteiger partial charge in [0.1, 0.15) is 0 Å². The first-order valence-electron chi connectivity index (χ1n) is 5.28. The molecule has 1 aromatic heterocycles. The lowest BCUT2D eigenvalue weighted by Gasteiger charge is -2.28. The summed E-state index contributed by atoms with van der Waals surface area (Å²) >= 11 is 1.57. The number of esters is 1. The van der Waals surface area contributed by atoms with E-state index >= 15 is 0 Å². The molecule has 16 heavy (non-hydrogen) atoms. The summed E-state index contributed by atoms with van der Waals surface area (Å²) in [6.45, 7) is 4.76. The molecule has 0 fully saturated rings. The molecule has 4 nitrogen and oxygen atoms in total. The second-order valence-corrected chi connectivity index (χ2v) is 4.72. The Morgan fingerprint density at radius 3 is 2.94 bits per heavy atom. The summed E-state index contributed by atoms with van der Waals surface area (Å²) in [4.78, 5) is 15.5. The van der Waals surface area contributed by atoms with Gasteiger partial charge < -0.3 is 10.1 Å². The molecule has 1 unspecified atom stereocenters. The van der Waals surface area contributed by atoms with Crippen molar-refractivity contribution in [3.8, 4) is 0 Å². The van der Waals surface area contributed by atoms with E-state index in [9.17, 15) is 4.79 Å². The molecule has 1 heterocycles. The number of ether oxygens (including phenoxy) is 1. The van der Waals surface area contributed by atoms with E-state index in [-0.39, 0.29) is 11.5 Å². The van der Waals surface area contributed by atoms with Crippen molar-refractivity contribution in [1.29, 1.82) is 0 Å². The fourth-order valence-electron chi connectivity index (χ4n) is 1.33. The molecule has 0 aromatic carbocycles. The molecular formula is C11H18N2O2S. The fourth-order valence-corrected chi connectivity index (χ4v) is 1.89. The molecule has 1 aromatic rings. The monoisotopic (exact) mass is 242 g/mol. The van der Waals surface area contributed by atoms with Gasteiger partial charge in [0.25, 0.3) is 0 Å². The van der Waals surface area contributed by atoms with Crippen LogP contribution in [0.25, 0.3) is 0 Å². The summed E-state index contributed by atoms with van der Waals surface area (Å²) in [5.74, 6) is -0.185. The van der Waals surface area contributed by atoms with Crippen LogP contribution in [0, 0.1) is 0 Å². The molecule has 0 aliphatic rings. The van der Waals surface area contributed by atoms with Gasteiger partial charge in [0, 0.05) is 17.5 Å². The smallest absolute Gasteiger partial charge is 0.307 e. The Hall–Kier alpha value is -0.940. The lowest BCUT2D eigenvalue weighted by molar-refractivity contribution is -0.142. The van der Waals surface area contributed by atoms with Gasteiger partial charge in [0.05, 0.1) is 24.7 Å². The lowest BCUT2D eigenvalue weighted by Crippen LogP contribution is -2.43. The van der Waals surface area contributed by atoms with Crippen LogP contribution in [0.4, 0.5) is 0 Å². The van der Waals surface area contributed by atoms with Gasteiger partial charge in [-0.15, -0.1) is 11.3 Å². The summed E-state index contributed by atoms with van der Waals surface area (Å²) in [5, 5.41) is 5.36. The minimum absolute atomic E-state index is 0.185. The summed E-state index contributed by atoms with van der Waals surface area (Å²) in [6, 6.07) is 0. The topological polar surface area (TPSA) is 51.2 Å². The number of nitrogens with one attached hydrogen (secondary N) is 1. The lowest BCUT2D eigenvalue weighted by atomic mass is 9.94. The van der Waals surface area contributed by atoms with Crippen LogP contribution >= 0.6 is 11.3 Å². The average molecular weight is 242 g/mol. The predicted octanol–water partition coefficient (Wildman–Crippen LogP) is 1.96. The van der Waals surface area contributed by atoms with Crippen LogP contribution in [-0.4, -0.2) is 23.6 Å². The summed E-state index contributed by atoms with van der Waals surface area (Å²) < 4.78 is 4.69. The molecule has 1 atom stereocenters. The maximum atomic E-state index is 11.3. The molecule has 0 spiro atoms. The molecule has 90 valence electrons. The zero-order chi connectivity index (χ0) is 12.0. The van der Waals surface area contributed by atoms with Gasteiger partial charge in [-0.2, -0.15) is 0 Å². The van der Waals surface area contributed by atoms with E-state index in [1.165, 1.54) is 7.11 Å². The first kappa shape index (κ1) is 13.1. The van der Waals surface area contributed by atoms with Gasteiger partial charge in [-0.3, -0.25) is 4.79 Å². The maximum absolute atomic E-state index is 11.3. The van der Waals surface area contributed by atoms with Crippen LogP contribution in [-0.2, 0) is 16.1 Å². The third kappa shape index (κ3) is 3.90. The molecule has 0 bridgehead atoms. The number of carbonyl (C=O) groups is 1. The van der Waals surface area contributed by atoms with Crippen LogP contribution < -0.4 is 5.32 Å². The van der Waals surface area contributed by atoms with Crippen molar-refractivity contribution in [2.24, 2.45) is 0 Å². The first-order valence-corrected chi connectivity index (χ1v) is 6.23. The average Bonchev–Trinajstić information content (AvgIpc) is 2.79. The molecule has 0 saturated carbocycles. The molecule has 0 aliphatic heterocycles. The second kappa shape index (κ2) is 5.96. The van der Waals surface area contributed by atoms with Gasteiger partial charge in [-0.1, -0.05) is 6.92 Å². The van der Waals surface area contributed by atoms with Crippen molar-refractivity contribution in [3.63, 3.8) is 0 Å². The quantitative estimate of drug-likeness (QED) is 0.775. The van der Waals surface area contributed by atoms with Crippen LogP contribution in [0.1, 0.15) is 32.4 Å². The third-order valence-electron chi connectivity index (χ3n) is 2.72. The Bertz CT molecular complexity index is 327. The number of nitrogens with zero attached hydrogens (tertiary/aromatic N) is 1. The van der Waals surface area contributed by atoms with Gasteiger partial charge in [0.15, 0.2) is 0 Å². The van der Waals surface area contributed by atoms with Crippen molar-refractivity contribution in [2.75, 3.05) is 7.11 Å². The molecule has 1 rings (SSSR count). The van der Waals surface area contributed by atoms with Crippen molar-refractivity contribution < 1.29 is 9.53 Å². The Morgan fingerprint density at radius 1 is 1.69 bits per heavy atom. The minimum atomic E-state index is -0.225. The van der Waals surface area contributed by atoms with E-state index in [1.54, 1.807) is 16.8 Å². The van der Waals surface area contributed by atoms with Crippen molar-refractivity contribution in [2.45, 2.75) is 38.8 Å². The largest absolute Gasteiger partial charge is 0.469 e. The van der Waals surface area contributed by atoms with Crippen molar-refractivity contribution in [3.05, 3.63) is 16.6 Å². The molecule has 5 heteroatoms. The number of thiazole rings is 1. The van der Waals surface area contributed by atoms with E-state index in [2.05, 4.69) is 17.2 Å². The predicted molar refractivity (Wildman–Crippen MR) is 64.3 cm³/mol. The Balaban J connectivity index is 2.49. The molecular weight excluding hydrogens is 224 g/mol. The van der Waals surface area contributed by atoms with Crippen molar-refractivity contribution >= 4 is 17.3 Å². The standard InChI is InChI=1S/C11H18N2O2S/c1-4-11(2,5-10(14)15-3)13-6-9-7-16-8-12-9/h7-8,13H,4-6H2,1-3H3. The number of methoxy groups -OCH3 is 1. The summed E-state index contributed by atoms with van der Waals surface area (Å²) in [5.41, 5.74) is 2.59. The number of aromatic nitrogens is 1. The van der Waals surface area contributed by atoms with Crippen LogP contribution in [0.15, 0.2) is 10.9 Å². The maximum Gasteiger partial charge on any atom is 0.307 e. The van der Waals surface area contributed by atoms with Crippen LogP contribution in [0.3, 0.4) is 0 Å². The molecule has 0 amide bonds. The molecule has 0 aliphatic carbocycles. The first-order chi connectivity index (χ1) is 7.59. The number of hydrogen-bond acceptors (Lipinski definition) is 5. The highest BCUT2D eigenvalue weighted by Gasteiger charge is 2.25. The zero-order valence-electron chi connectivity index (χ0n) is 9.95. The van der Waals surface area contributed by atoms with E-state index < -0.39 is 0 Å². The van der Waals surface area contributed by atoms with E-state index in [0.717, 1.165) is 12.1 Å². The van der Waals surface area contributed by atoms with Crippen LogP contribution in [0.5, 0.6) is 0 Å². The summed E-state index contributed by atoms with van der Waals surface area (Å²) in [7, 11) is 1.42. The molecule has 0 saturated heterocycles. The number of rotatable bonds is 6. The molecule has 1 N–H and O–H groups in total. The molecule has 0 radical (unpaired) electrons. The normalized spacial score (nSPS) is 14.4. The van der Waals surface area contributed by atoms with Gasteiger partial charge in [-0.05, 0) is 13.3 Å². The van der Waals surface area contributed by atoms with Gasteiger partial charge >= 0.3 is 5.97 Å². The Morgan fingerprint density at radius 2 is 2.44 bits per heavy atom. The highest BCUT2D eigenvalue weighted by Crippen LogP contribution is 2.16. The minimum Gasteiger partial charge on any atom is -0.469 e. The van der Waals surface area contributed by atoms with Gasteiger partial charge in [-0.25, -0.2) is 4.98 Å². The van der Waals surface area contributed by atoms with Gasteiger partial charge in [0.2, 0.25) is 0 Å². The van der Waals surface area contributed by atoms with E-state index in [1.807, 2.05) is 12.3 Å². The fraction of sp³-hybridized carbons (Fsp3) is 0.636. The zero-order valence-corrected chi connectivity index (χ0v) is 10.8. The third-order valence-corrected chi connectivity index (χ3v) is 3.36. The SMILES string of the molecule is CCC(C)(CC(=O)OC)NCc1cscn1.